The second kappa shape index (κ2) is 9.03. The number of methoxy groups -OCH3 is 1. The van der Waals surface area contributed by atoms with Gasteiger partial charge >= 0.3 is 5.97 Å². The molecule has 3 heterocycles. The number of fused-ring (bicyclic) bond motifs is 2. The SMILES string of the molecule is CCOC(=O)C1=C(C)N=c2sc(=Cc3c(C)[nH]c4ccccc34)c(=O)n2C1c1ccc(OC)cc1. The molecule has 0 fully saturated rings. The van der Waals surface area contributed by atoms with Gasteiger partial charge in [0.2, 0.25) is 0 Å². The number of carbonyl (C=O) groups excluding carboxylic acids is 1. The first kappa shape index (κ1) is 22.9. The van der Waals surface area contributed by atoms with Crippen molar-refractivity contribution in [2.24, 2.45) is 4.99 Å². The smallest absolute Gasteiger partial charge is 0.338 e. The Bertz CT molecular complexity index is 1660. The summed E-state index contributed by atoms with van der Waals surface area (Å²) in [5.41, 5.74) is 4.44. The minimum Gasteiger partial charge on any atom is -0.497 e. The number of allylic oxidation sites excluding steroid dienone is 1. The lowest BCUT2D eigenvalue weighted by atomic mass is 9.96. The van der Waals surface area contributed by atoms with E-state index in [0.717, 1.165) is 27.7 Å². The molecular formula is C27H25N3O4S. The minimum absolute atomic E-state index is 0.200. The van der Waals surface area contributed by atoms with E-state index in [0.29, 0.717) is 26.4 Å². The third-order valence-corrected chi connectivity index (χ3v) is 7.15. The van der Waals surface area contributed by atoms with E-state index in [2.05, 4.69) is 9.98 Å². The number of hydrogen-bond acceptors (Lipinski definition) is 6. The number of thiazole rings is 1. The summed E-state index contributed by atoms with van der Waals surface area (Å²) in [6, 6.07) is 14.7. The zero-order valence-electron chi connectivity index (χ0n) is 19.9. The zero-order chi connectivity index (χ0) is 24.7. The highest BCUT2D eigenvalue weighted by molar-refractivity contribution is 7.07. The van der Waals surface area contributed by atoms with Gasteiger partial charge in [0.1, 0.15) is 5.75 Å². The molecule has 2 aromatic heterocycles. The summed E-state index contributed by atoms with van der Waals surface area (Å²) < 4.78 is 12.8. The van der Waals surface area contributed by atoms with Crippen LogP contribution in [0.25, 0.3) is 17.0 Å². The van der Waals surface area contributed by atoms with Gasteiger partial charge in [-0.15, -0.1) is 0 Å². The van der Waals surface area contributed by atoms with E-state index >= 15 is 0 Å². The van der Waals surface area contributed by atoms with E-state index in [-0.39, 0.29) is 12.2 Å². The molecule has 0 saturated carbocycles. The minimum atomic E-state index is -0.651. The highest BCUT2D eigenvalue weighted by Gasteiger charge is 2.33. The number of esters is 1. The van der Waals surface area contributed by atoms with Crippen LogP contribution in [0.5, 0.6) is 5.75 Å². The van der Waals surface area contributed by atoms with Crippen molar-refractivity contribution >= 4 is 34.3 Å². The van der Waals surface area contributed by atoms with Gasteiger partial charge in [0.25, 0.3) is 5.56 Å². The second-order valence-corrected chi connectivity index (χ2v) is 9.29. The molecule has 4 aromatic rings. The largest absolute Gasteiger partial charge is 0.497 e. The van der Waals surface area contributed by atoms with Crippen LogP contribution in [0.1, 0.15) is 36.7 Å². The predicted octanol–water partition coefficient (Wildman–Crippen LogP) is 3.60. The zero-order valence-corrected chi connectivity index (χ0v) is 20.7. The molecule has 0 aliphatic carbocycles. The molecule has 1 N–H and O–H groups in total. The fraction of sp³-hybridized carbons (Fsp3) is 0.222. The molecule has 1 aliphatic heterocycles. The molecule has 178 valence electrons. The van der Waals surface area contributed by atoms with Crippen LogP contribution < -0.4 is 19.6 Å². The molecule has 1 unspecified atom stereocenters. The Morgan fingerprint density at radius 3 is 2.63 bits per heavy atom. The van der Waals surface area contributed by atoms with Crippen LogP contribution in [0.2, 0.25) is 0 Å². The van der Waals surface area contributed by atoms with E-state index in [9.17, 15) is 9.59 Å². The highest BCUT2D eigenvalue weighted by Crippen LogP contribution is 2.31. The van der Waals surface area contributed by atoms with E-state index in [1.165, 1.54) is 11.3 Å². The molecular weight excluding hydrogens is 462 g/mol. The van der Waals surface area contributed by atoms with E-state index < -0.39 is 12.0 Å². The molecule has 35 heavy (non-hydrogen) atoms. The van der Waals surface area contributed by atoms with Gasteiger partial charge in [0.05, 0.1) is 35.6 Å². The third-order valence-electron chi connectivity index (χ3n) is 6.17. The summed E-state index contributed by atoms with van der Waals surface area (Å²) in [4.78, 5) is 35.4. The van der Waals surface area contributed by atoms with Crippen LogP contribution in [0, 0.1) is 6.92 Å². The van der Waals surface area contributed by atoms with Crippen molar-refractivity contribution in [1.82, 2.24) is 9.55 Å². The number of hydrogen-bond donors (Lipinski definition) is 1. The number of aromatic nitrogens is 2. The maximum atomic E-state index is 13.8. The van der Waals surface area contributed by atoms with Gasteiger partial charge in [-0.3, -0.25) is 9.36 Å². The van der Waals surface area contributed by atoms with Gasteiger partial charge in [0, 0.05) is 22.2 Å². The number of para-hydroxylation sites is 1. The molecule has 5 rings (SSSR count). The van der Waals surface area contributed by atoms with Crippen LogP contribution in [0.4, 0.5) is 0 Å². The number of nitrogens with zero attached hydrogens (tertiary/aromatic N) is 2. The number of aryl methyl sites for hydroxylation is 1. The monoisotopic (exact) mass is 487 g/mol. The number of ether oxygens (including phenoxy) is 2. The van der Waals surface area contributed by atoms with E-state index in [1.54, 1.807) is 25.5 Å². The summed E-state index contributed by atoms with van der Waals surface area (Å²) in [6.07, 6.45) is 1.91. The molecule has 1 atom stereocenters. The molecule has 0 radical (unpaired) electrons. The second-order valence-electron chi connectivity index (χ2n) is 8.28. The molecule has 1 aliphatic rings. The number of aromatic amines is 1. The van der Waals surface area contributed by atoms with Crippen molar-refractivity contribution < 1.29 is 14.3 Å². The van der Waals surface area contributed by atoms with Crippen molar-refractivity contribution in [2.75, 3.05) is 13.7 Å². The lowest BCUT2D eigenvalue weighted by Crippen LogP contribution is -2.39. The first-order valence-corrected chi connectivity index (χ1v) is 12.2. The van der Waals surface area contributed by atoms with Gasteiger partial charge in [-0.1, -0.05) is 41.7 Å². The number of benzene rings is 2. The Hall–Kier alpha value is -3.91. The summed E-state index contributed by atoms with van der Waals surface area (Å²) in [5, 5.41) is 1.05. The van der Waals surface area contributed by atoms with Crippen molar-refractivity contribution in [3.8, 4) is 5.75 Å². The molecule has 0 amide bonds. The van der Waals surface area contributed by atoms with Crippen LogP contribution in [0.15, 0.2) is 69.6 Å². The Morgan fingerprint density at radius 1 is 1.17 bits per heavy atom. The van der Waals surface area contributed by atoms with Gasteiger partial charge in [-0.2, -0.15) is 0 Å². The Morgan fingerprint density at radius 2 is 1.91 bits per heavy atom. The van der Waals surface area contributed by atoms with Gasteiger partial charge < -0.3 is 14.5 Å². The van der Waals surface area contributed by atoms with Crippen molar-refractivity contribution in [1.29, 1.82) is 0 Å². The first-order chi connectivity index (χ1) is 16.9. The topological polar surface area (TPSA) is 85.7 Å². The van der Waals surface area contributed by atoms with E-state index in [1.807, 2.05) is 61.5 Å². The highest BCUT2D eigenvalue weighted by atomic mass is 32.1. The lowest BCUT2D eigenvalue weighted by Gasteiger charge is -2.24. The first-order valence-electron chi connectivity index (χ1n) is 11.3. The average molecular weight is 488 g/mol. The van der Waals surface area contributed by atoms with Crippen molar-refractivity contribution in [3.63, 3.8) is 0 Å². The van der Waals surface area contributed by atoms with Gasteiger partial charge in [0.15, 0.2) is 4.80 Å². The summed E-state index contributed by atoms with van der Waals surface area (Å²) in [6.45, 7) is 5.76. The lowest BCUT2D eigenvalue weighted by molar-refractivity contribution is -0.139. The maximum absolute atomic E-state index is 13.8. The van der Waals surface area contributed by atoms with Crippen LogP contribution >= 0.6 is 11.3 Å². The third kappa shape index (κ3) is 3.89. The molecule has 7 nitrogen and oxygen atoms in total. The average Bonchev–Trinajstić information content (AvgIpc) is 3.34. The molecule has 0 saturated heterocycles. The maximum Gasteiger partial charge on any atom is 0.338 e. The number of rotatable bonds is 5. The Balaban J connectivity index is 1.75. The fourth-order valence-electron chi connectivity index (χ4n) is 4.51. The molecule has 2 aromatic carbocycles. The normalized spacial score (nSPS) is 15.8. The standard InChI is InChI=1S/C27H25N3O4S/c1-5-34-26(32)23-16(3)29-27-30(24(23)17-10-12-18(33-4)13-11-17)25(31)22(35-27)14-20-15(2)28-21-9-7-6-8-19(20)21/h6-14,24,28H,5H2,1-4H3. The molecule has 0 bridgehead atoms. The molecule has 8 heteroatoms. The van der Waals surface area contributed by atoms with Crippen LogP contribution in [0.3, 0.4) is 0 Å². The number of carbonyl (C=O) groups is 1. The van der Waals surface area contributed by atoms with Gasteiger partial charge in [-0.25, -0.2) is 9.79 Å². The van der Waals surface area contributed by atoms with Gasteiger partial charge in [-0.05, 0) is 50.6 Å². The van der Waals surface area contributed by atoms with Crippen LogP contribution in [-0.4, -0.2) is 29.2 Å². The van der Waals surface area contributed by atoms with E-state index in [4.69, 9.17) is 9.47 Å². The number of H-pyrrole nitrogens is 1. The summed E-state index contributed by atoms with van der Waals surface area (Å²) >= 11 is 1.32. The quantitative estimate of drug-likeness (QED) is 0.436. The fourth-order valence-corrected chi connectivity index (χ4v) is 5.54. The predicted molar refractivity (Wildman–Crippen MR) is 136 cm³/mol. The summed E-state index contributed by atoms with van der Waals surface area (Å²) in [5.74, 6) is 0.214. The Kier molecular flexibility index (Phi) is 5.90. The molecule has 0 spiro atoms. The van der Waals surface area contributed by atoms with Crippen LogP contribution in [-0.2, 0) is 9.53 Å². The summed E-state index contributed by atoms with van der Waals surface area (Å²) in [7, 11) is 1.60. The number of nitrogens with one attached hydrogen (secondary N) is 1. The van der Waals surface area contributed by atoms with Crippen molar-refractivity contribution in [3.05, 3.63) is 96.3 Å². The van der Waals surface area contributed by atoms with Crippen molar-refractivity contribution in [2.45, 2.75) is 26.8 Å². The Labute approximate surface area is 205 Å².